The summed E-state index contributed by atoms with van der Waals surface area (Å²) < 4.78 is 0. The molecule has 2 saturated heterocycles. The maximum Gasteiger partial charge on any atom is 0.0328 e. The second-order valence-electron chi connectivity index (χ2n) is 6.83. The third-order valence-corrected chi connectivity index (χ3v) is 6.56. The van der Waals surface area contributed by atoms with Crippen molar-refractivity contribution in [2.75, 3.05) is 26.7 Å². The van der Waals surface area contributed by atoms with Crippen molar-refractivity contribution >= 4 is 11.3 Å². The summed E-state index contributed by atoms with van der Waals surface area (Å²) in [6.45, 7) is 4.76. The van der Waals surface area contributed by atoms with E-state index in [1.807, 2.05) is 11.3 Å². The molecule has 1 aromatic heterocycles. The molecular weight excluding hydrogens is 288 g/mol. The van der Waals surface area contributed by atoms with E-state index >= 15 is 0 Å². The van der Waals surface area contributed by atoms with Gasteiger partial charge in [-0.1, -0.05) is 36.4 Å². The molecule has 2 atom stereocenters. The van der Waals surface area contributed by atoms with Crippen molar-refractivity contribution < 1.29 is 0 Å². The predicted molar refractivity (Wildman–Crippen MR) is 93.4 cm³/mol. The number of benzene rings is 1. The first-order valence-corrected chi connectivity index (χ1v) is 9.16. The number of rotatable bonds is 3. The molecule has 3 heteroatoms. The Morgan fingerprint density at radius 2 is 1.91 bits per heavy atom. The smallest absolute Gasteiger partial charge is 0.0328 e. The lowest BCUT2D eigenvalue weighted by atomic mass is 9.69. The molecule has 2 aromatic rings. The standard InChI is InChI=1S/C19H24N2S/c1-20-11-9-19(16-6-3-2-4-7-16)10-12-21(15-18(19)20)14-17-8-5-13-22-17/h2-8,13,18H,9-12,14-15H2,1H3/t18-,19-/m1/s1. The lowest BCUT2D eigenvalue weighted by molar-refractivity contribution is 0.0924. The Kier molecular flexibility index (Phi) is 3.81. The average molecular weight is 312 g/mol. The van der Waals surface area contributed by atoms with Gasteiger partial charge in [0.05, 0.1) is 0 Å². The summed E-state index contributed by atoms with van der Waals surface area (Å²) in [6.07, 6.45) is 2.60. The number of hydrogen-bond donors (Lipinski definition) is 0. The Balaban J connectivity index is 1.57. The number of likely N-dealkylation sites (N-methyl/N-ethyl adjacent to an activating group) is 1. The highest BCUT2D eigenvalue weighted by Crippen LogP contribution is 2.45. The van der Waals surface area contributed by atoms with Crippen LogP contribution in [-0.4, -0.2) is 42.5 Å². The molecule has 22 heavy (non-hydrogen) atoms. The van der Waals surface area contributed by atoms with E-state index in [0.717, 1.165) is 6.54 Å². The molecule has 2 aliphatic rings. The van der Waals surface area contributed by atoms with Gasteiger partial charge in [0, 0.05) is 29.4 Å². The topological polar surface area (TPSA) is 6.48 Å². The molecule has 1 aromatic carbocycles. The summed E-state index contributed by atoms with van der Waals surface area (Å²) in [5, 5.41) is 2.19. The van der Waals surface area contributed by atoms with Crippen molar-refractivity contribution in [1.29, 1.82) is 0 Å². The molecule has 0 unspecified atom stereocenters. The van der Waals surface area contributed by atoms with Crippen molar-refractivity contribution in [2.24, 2.45) is 0 Å². The van der Waals surface area contributed by atoms with Crippen LogP contribution in [-0.2, 0) is 12.0 Å². The lowest BCUT2D eigenvalue weighted by Crippen LogP contribution is -2.54. The second-order valence-corrected chi connectivity index (χ2v) is 7.87. The molecule has 0 aliphatic carbocycles. The van der Waals surface area contributed by atoms with Crippen molar-refractivity contribution in [3.63, 3.8) is 0 Å². The molecule has 0 spiro atoms. The zero-order chi connectivity index (χ0) is 15.0. The first kappa shape index (κ1) is 14.4. The Hall–Kier alpha value is -1.16. The minimum atomic E-state index is 0.377. The van der Waals surface area contributed by atoms with E-state index in [4.69, 9.17) is 0 Å². The van der Waals surface area contributed by atoms with E-state index in [1.165, 1.54) is 37.4 Å². The molecule has 2 fully saturated rings. The van der Waals surface area contributed by atoms with Gasteiger partial charge in [-0.3, -0.25) is 4.90 Å². The number of hydrogen-bond acceptors (Lipinski definition) is 3. The van der Waals surface area contributed by atoms with Crippen LogP contribution >= 0.6 is 11.3 Å². The van der Waals surface area contributed by atoms with E-state index in [-0.39, 0.29) is 0 Å². The van der Waals surface area contributed by atoms with Crippen LogP contribution in [0.2, 0.25) is 0 Å². The maximum atomic E-state index is 2.65. The van der Waals surface area contributed by atoms with Gasteiger partial charge in [0.25, 0.3) is 0 Å². The fraction of sp³-hybridized carbons (Fsp3) is 0.474. The molecule has 0 bridgehead atoms. The summed E-state index contributed by atoms with van der Waals surface area (Å²) in [5.74, 6) is 0. The normalized spacial score (nSPS) is 29.6. The summed E-state index contributed by atoms with van der Waals surface area (Å²) in [7, 11) is 2.31. The van der Waals surface area contributed by atoms with Gasteiger partial charge in [-0.25, -0.2) is 0 Å². The molecule has 116 valence electrons. The third kappa shape index (κ3) is 2.41. The SMILES string of the molecule is CN1CC[C@]2(c3ccccc3)CCN(Cc3cccs3)C[C@@H]12. The van der Waals surface area contributed by atoms with Gasteiger partial charge >= 0.3 is 0 Å². The minimum Gasteiger partial charge on any atom is -0.301 e. The number of piperidine rings is 1. The summed E-state index contributed by atoms with van der Waals surface area (Å²) in [4.78, 5) is 6.74. The van der Waals surface area contributed by atoms with Crippen LogP contribution in [0.5, 0.6) is 0 Å². The first-order chi connectivity index (χ1) is 10.8. The molecule has 0 saturated carbocycles. The van der Waals surface area contributed by atoms with Crippen LogP contribution in [0.4, 0.5) is 0 Å². The minimum absolute atomic E-state index is 0.377. The van der Waals surface area contributed by atoms with Crippen molar-refractivity contribution in [3.8, 4) is 0 Å². The van der Waals surface area contributed by atoms with E-state index < -0.39 is 0 Å². The van der Waals surface area contributed by atoms with Gasteiger partial charge in [0.2, 0.25) is 0 Å². The number of nitrogens with zero attached hydrogens (tertiary/aromatic N) is 2. The number of thiophene rings is 1. The van der Waals surface area contributed by atoms with E-state index in [0.29, 0.717) is 11.5 Å². The van der Waals surface area contributed by atoms with E-state index in [9.17, 15) is 0 Å². The van der Waals surface area contributed by atoms with Gasteiger partial charge in [0.15, 0.2) is 0 Å². The first-order valence-electron chi connectivity index (χ1n) is 8.28. The monoisotopic (exact) mass is 312 g/mol. The number of likely N-dealkylation sites (tertiary alicyclic amines) is 2. The second kappa shape index (κ2) is 5.80. The zero-order valence-electron chi connectivity index (χ0n) is 13.2. The zero-order valence-corrected chi connectivity index (χ0v) is 14.1. The van der Waals surface area contributed by atoms with Gasteiger partial charge in [0.1, 0.15) is 0 Å². The van der Waals surface area contributed by atoms with Crippen LogP contribution < -0.4 is 0 Å². The van der Waals surface area contributed by atoms with Crippen molar-refractivity contribution in [2.45, 2.75) is 30.8 Å². The predicted octanol–water partition coefficient (Wildman–Crippen LogP) is 3.60. The molecule has 0 amide bonds. The largest absolute Gasteiger partial charge is 0.301 e. The fourth-order valence-electron chi connectivity index (χ4n) is 4.44. The van der Waals surface area contributed by atoms with Gasteiger partial charge in [-0.2, -0.15) is 0 Å². The lowest BCUT2D eigenvalue weighted by Gasteiger charge is -2.46. The number of fused-ring (bicyclic) bond motifs is 1. The Morgan fingerprint density at radius 1 is 1.09 bits per heavy atom. The van der Waals surface area contributed by atoms with Gasteiger partial charge in [-0.05, 0) is 50.0 Å². The van der Waals surface area contributed by atoms with Crippen molar-refractivity contribution in [1.82, 2.24) is 9.80 Å². The van der Waals surface area contributed by atoms with Gasteiger partial charge < -0.3 is 4.90 Å². The molecule has 2 aliphatic heterocycles. The van der Waals surface area contributed by atoms with Crippen LogP contribution in [0, 0.1) is 0 Å². The highest BCUT2D eigenvalue weighted by Gasteiger charge is 2.49. The Bertz CT molecular complexity index is 610. The van der Waals surface area contributed by atoms with Crippen molar-refractivity contribution in [3.05, 3.63) is 58.3 Å². The van der Waals surface area contributed by atoms with Crippen LogP contribution in [0.3, 0.4) is 0 Å². The third-order valence-electron chi connectivity index (χ3n) is 5.69. The summed E-state index contributed by atoms with van der Waals surface area (Å²) >= 11 is 1.88. The van der Waals surface area contributed by atoms with Crippen LogP contribution in [0.25, 0.3) is 0 Å². The van der Waals surface area contributed by atoms with E-state index in [1.54, 1.807) is 5.56 Å². The molecule has 3 heterocycles. The highest BCUT2D eigenvalue weighted by atomic mass is 32.1. The van der Waals surface area contributed by atoms with E-state index in [2.05, 4.69) is 64.7 Å². The Labute approximate surface area is 137 Å². The summed E-state index contributed by atoms with van der Waals surface area (Å²) in [5.41, 5.74) is 1.93. The maximum absolute atomic E-state index is 2.65. The molecular formula is C19H24N2S. The average Bonchev–Trinajstić information content (AvgIpc) is 3.18. The quantitative estimate of drug-likeness (QED) is 0.854. The molecule has 0 N–H and O–H groups in total. The summed E-state index contributed by atoms with van der Waals surface area (Å²) in [6, 6.07) is 16.3. The van der Waals surface area contributed by atoms with Crippen LogP contribution in [0.1, 0.15) is 23.3 Å². The van der Waals surface area contributed by atoms with Gasteiger partial charge in [-0.15, -0.1) is 11.3 Å². The Morgan fingerprint density at radius 3 is 2.68 bits per heavy atom. The molecule has 2 nitrogen and oxygen atoms in total. The molecule has 0 radical (unpaired) electrons. The fourth-order valence-corrected chi connectivity index (χ4v) is 5.18. The van der Waals surface area contributed by atoms with Crippen LogP contribution in [0.15, 0.2) is 47.8 Å². The molecule has 4 rings (SSSR count). The highest BCUT2D eigenvalue weighted by molar-refractivity contribution is 7.09.